The van der Waals surface area contributed by atoms with Gasteiger partial charge in [-0.2, -0.15) is 9.97 Å². The Hall–Kier alpha value is -18.5. The lowest BCUT2D eigenvalue weighted by molar-refractivity contribution is 0.661. The number of hydrogen-bond acceptors (Lipinski definition) is 7. The first-order valence-electron chi connectivity index (χ1n) is 50.2. The quantitative estimate of drug-likeness (QED) is 0.134. The minimum absolute atomic E-state index is 0.000353. The lowest BCUT2D eigenvalue weighted by Crippen LogP contribution is -2.28. The molecule has 8 aromatic heterocycles. The number of benzene rings is 18. The highest BCUT2D eigenvalue weighted by Crippen LogP contribution is 2.60. The van der Waals surface area contributed by atoms with Crippen molar-refractivity contribution in [2.75, 3.05) is 0 Å². The molecule has 692 valence electrons. The normalized spacial score (nSPS) is 13.6. The molecule has 26 aromatic rings. The Bertz CT molecular complexity index is 9310. The number of fused-ring (bicyclic) bond motifs is 25. The Labute approximate surface area is 846 Å². The van der Waals surface area contributed by atoms with Crippen LogP contribution in [0.5, 0.6) is 0 Å². The highest BCUT2D eigenvalue weighted by atomic mass is 15.2. The van der Waals surface area contributed by atoms with Crippen molar-refractivity contribution in [2.24, 2.45) is 0 Å². The number of hydrogen-bond donors (Lipinski definition) is 0. The van der Waals surface area contributed by atoms with E-state index in [0.717, 1.165) is 77.9 Å². The predicted molar refractivity (Wildman–Crippen MR) is 599 cm³/mol. The fourth-order valence-electron chi connectivity index (χ4n) is 24.5. The minimum atomic E-state index is -0.520. The monoisotopic (exact) mass is 1870 g/mol. The number of rotatable bonds is 10. The van der Waals surface area contributed by atoms with Crippen molar-refractivity contribution in [1.82, 2.24) is 53.2 Å². The third-order valence-electron chi connectivity index (χ3n) is 31.1. The average molecular weight is 1870 g/mol. The SMILES string of the molecule is CC1(C)c2ccccc2-c2cc3c4ccccc4n(-c4cccnc4)c3cc21.CC1(C)c2ccccc2-c2cc3c4ccccc4n(-c4ccncc4)c3cc21.CC1(C)c2ccccc2-c2ccc3c(c21)c1ccccc1n3-c1nc(-c2ccccc2)cc(-c2ccccc2)n1.c1ccc(-c2nc(-c3ccccc3)nc(-n3c4ccccc4c4cc5c(cc43)C(c3ccccc3)(c3ccccc3)c3ccccc3-5)n2)cc1. The van der Waals surface area contributed by atoms with Gasteiger partial charge in [-0.25, -0.2) is 15.0 Å². The van der Waals surface area contributed by atoms with E-state index in [1.807, 2.05) is 79.4 Å². The largest absolute Gasteiger partial charge is 0.309 e. The van der Waals surface area contributed by atoms with Crippen molar-refractivity contribution in [2.45, 2.75) is 63.2 Å². The van der Waals surface area contributed by atoms with E-state index in [9.17, 15) is 0 Å². The van der Waals surface area contributed by atoms with Crippen molar-refractivity contribution >= 4 is 87.2 Å². The molecule has 0 saturated heterocycles. The summed E-state index contributed by atoms with van der Waals surface area (Å²) in [4.78, 5) is 34.4. The van der Waals surface area contributed by atoms with Gasteiger partial charge < -0.3 is 9.13 Å². The van der Waals surface area contributed by atoms with Crippen LogP contribution in [0.2, 0.25) is 0 Å². The molecule has 11 nitrogen and oxygen atoms in total. The smallest absolute Gasteiger partial charge is 0.238 e. The zero-order valence-electron chi connectivity index (χ0n) is 81.5. The number of para-hydroxylation sites is 4. The summed E-state index contributed by atoms with van der Waals surface area (Å²) < 4.78 is 9.20. The standard InChI is InChI=1S/C46H30N4.C37H27N3.2C26H20N2/c1-5-17-31(18-6-1)43-47-44(32-19-7-2-8-20-32)49-45(48-43)50-41-28-16-14-26-36(41)38-29-37-35-25-13-15-27-39(35)46(40(37)30-42(38)50,33-21-9-3-10-22-33)34-23-11-4-12-24-34;1-37(2)29-19-11-9-17-26(29)27-21-22-33-34(35(27)37)28-18-10-12-20-32(28)40(33)36-38-30(24-13-5-3-6-14-24)23-31(39-36)25-15-7-4-8-16-25;1-26(2)22-11-5-3-9-18(22)20-14-21-19-10-4-6-12-24(19)28(25(21)15-23(20)26)17-8-7-13-27-16-17;1-26(2)22-9-5-3-7-18(22)20-15-21-19-8-4-6-10-24(19)28(25(21)16-23(20)26)17-11-13-27-14-12-17/h1-30H;3-23H,1-2H3;2*3-16H,1-2H3. The van der Waals surface area contributed by atoms with Crippen LogP contribution in [0.1, 0.15) is 97.2 Å². The third-order valence-corrected chi connectivity index (χ3v) is 31.1. The van der Waals surface area contributed by atoms with E-state index < -0.39 is 5.41 Å². The van der Waals surface area contributed by atoms with Gasteiger partial charge in [0.2, 0.25) is 11.9 Å². The van der Waals surface area contributed by atoms with Gasteiger partial charge in [0, 0.05) is 106 Å². The maximum atomic E-state index is 5.20. The summed E-state index contributed by atoms with van der Waals surface area (Å²) in [5.41, 5.74) is 40.7. The van der Waals surface area contributed by atoms with Crippen molar-refractivity contribution in [1.29, 1.82) is 0 Å². The van der Waals surface area contributed by atoms with E-state index in [1.165, 1.54) is 155 Å². The van der Waals surface area contributed by atoms with Gasteiger partial charge in [-0.05, 0) is 197 Å². The summed E-state index contributed by atoms with van der Waals surface area (Å²) in [6, 6.07) is 162. The molecule has 0 bridgehead atoms. The average Bonchev–Trinajstić information content (AvgIpc) is 1.53. The van der Waals surface area contributed by atoms with E-state index in [4.69, 9.17) is 24.9 Å². The molecule has 0 aliphatic heterocycles. The van der Waals surface area contributed by atoms with Crippen molar-refractivity contribution < 1.29 is 0 Å². The molecular formula is C135H97N11. The Kier molecular flexibility index (Phi) is 20.3. The number of aromatic nitrogens is 11. The van der Waals surface area contributed by atoms with E-state index >= 15 is 0 Å². The van der Waals surface area contributed by atoms with Gasteiger partial charge in [-0.3, -0.25) is 19.1 Å². The molecule has 146 heavy (non-hydrogen) atoms. The maximum absolute atomic E-state index is 5.20. The Balaban J connectivity index is 0.0000000993. The lowest BCUT2D eigenvalue weighted by Gasteiger charge is -2.34. The molecule has 4 aliphatic carbocycles. The molecule has 0 spiro atoms. The Morgan fingerprint density at radius 1 is 0.199 bits per heavy atom. The molecule has 0 fully saturated rings. The van der Waals surface area contributed by atoms with Crippen LogP contribution in [-0.4, -0.2) is 53.2 Å². The number of pyridine rings is 2. The Morgan fingerprint density at radius 3 is 1.03 bits per heavy atom. The van der Waals surface area contributed by atoms with Crippen LogP contribution < -0.4 is 0 Å². The first kappa shape index (κ1) is 86.6. The minimum Gasteiger partial charge on any atom is -0.309 e. The maximum Gasteiger partial charge on any atom is 0.238 e. The lowest BCUT2D eigenvalue weighted by atomic mass is 9.67. The van der Waals surface area contributed by atoms with Crippen molar-refractivity contribution in [3.63, 3.8) is 0 Å². The first-order valence-corrected chi connectivity index (χ1v) is 50.2. The molecule has 4 aliphatic rings. The molecule has 30 rings (SSSR count). The zero-order chi connectivity index (χ0) is 97.7. The fraction of sp³-hybridized carbons (Fsp3) is 0.0741. The summed E-state index contributed by atoms with van der Waals surface area (Å²) in [5, 5.41) is 10.0. The van der Waals surface area contributed by atoms with Crippen LogP contribution in [0.15, 0.2) is 480 Å². The summed E-state index contributed by atoms with van der Waals surface area (Å²) in [7, 11) is 0. The van der Waals surface area contributed by atoms with Gasteiger partial charge in [0.15, 0.2) is 11.6 Å². The van der Waals surface area contributed by atoms with Crippen molar-refractivity contribution in [3.05, 3.63) is 535 Å². The number of nitrogens with zero attached hydrogens (tertiary/aromatic N) is 11. The van der Waals surface area contributed by atoms with Crippen LogP contribution in [0.25, 0.3) is 200 Å². The van der Waals surface area contributed by atoms with Crippen LogP contribution in [-0.2, 0) is 21.7 Å². The topological polar surface area (TPSA) is 110 Å². The van der Waals surface area contributed by atoms with Crippen LogP contribution in [0.4, 0.5) is 0 Å². The third kappa shape index (κ3) is 13.6. The van der Waals surface area contributed by atoms with E-state index in [-0.39, 0.29) is 16.2 Å². The fourth-order valence-corrected chi connectivity index (χ4v) is 24.5. The second-order valence-corrected chi connectivity index (χ2v) is 40.2. The van der Waals surface area contributed by atoms with E-state index in [2.05, 4.69) is 470 Å². The van der Waals surface area contributed by atoms with Crippen LogP contribution in [0, 0.1) is 0 Å². The molecular weight excluding hydrogens is 1780 g/mol. The van der Waals surface area contributed by atoms with E-state index in [0.29, 0.717) is 23.5 Å². The van der Waals surface area contributed by atoms with Gasteiger partial charge in [0.1, 0.15) is 0 Å². The van der Waals surface area contributed by atoms with Gasteiger partial charge in [-0.1, -0.05) is 399 Å². The summed E-state index contributed by atoms with van der Waals surface area (Å²) >= 11 is 0. The molecule has 8 heterocycles. The molecule has 0 unspecified atom stereocenters. The second kappa shape index (κ2) is 34.2. The molecule has 0 radical (unpaired) electrons. The molecule has 0 saturated carbocycles. The van der Waals surface area contributed by atoms with E-state index in [1.54, 1.807) is 0 Å². The second-order valence-electron chi connectivity index (χ2n) is 40.2. The highest BCUT2D eigenvalue weighted by Gasteiger charge is 2.48. The van der Waals surface area contributed by atoms with Crippen LogP contribution in [0.3, 0.4) is 0 Å². The molecule has 0 atom stereocenters. The van der Waals surface area contributed by atoms with Gasteiger partial charge in [-0.15, -0.1) is 0 Å². The zero-order valence-corrected chi connectivity index (χ0v) is 81.5. The molecule has 11 heteroatoms. The highest BCUT2D eigenvalue weighted by molar-refractivity contribution is 6.17. The van der Waals surface area contributed by atoms with Gasteiger partial charge in [0.25, 0.3) is 0 Å². The summed E-state index contributed by atoms with van der Waals surface area (Å²) in [6.45, 7) is 14.0. The van der Waals surface area contributed by atoms with Crippen molar-refractivity contribution in [3.8, 4) is 113 Å². The predicted octanol–water partition coefficient (Wildman–Crippen LogP) is 32.8. The summed E-state index contributed by atoms with van der Waals surface area (Å²) in [6.07, 6.45) is 7.50. The van der Waals surface area contributed by atoms with Crippen LogP contribution >= 0.6 is 0 Å². The van der Waals surface area contributed by atoms with Gasteiger partial charge >= 0.3 is 0 Å². The van der Waals surface area contributed by atoms with Gasteiger partial charge in [0.05, 0.1) is 72.8 Å². The first-order chi connectivity index (χ1) is 71.7. The summed E-state index contributed by atoms with van der Waals surface area (Å²) in [5.74, 6) is 2.54. The molecule has 0 N–H and O–H groups in total. The molecule has 0 amide bonds. The Morgan fingerprint density at radius 2 is 0.555 bits per heavy atom. The molecule has 18 aromatic carbocycles.